The maximum absolute atomic E-state index is 13.8. The van der Waals surface area contributed by atoms with E-state index in [0.29, 0.717) is 13.1 Å². The second-order valence-electron chi connectivity index (χ2n) is 7.61. The predicted molar refractivity (Wildman–Crippen MR) is 99.2 cm³/mol. The summed E-state index contributed by atoms with van der Waals surface area (Å²) in [6.07, 6.45) is -0.440. The van der Waals surface area contributed by atoms with Gasteiger partial charge in [-0.2, -0.15) is 18.3 Å². The lowest BCUT2D eigenvalue weighted by molar-refractivity contribution is -0.173. The van der Waals surface area contributed by atoms with Crippen LogP contribution in [0.25, 0.3) is 0 Å². The number of nitrogens with one attached hydrogen (secondary N) is 1. The highest BCUT2D eigenvalue weighted by Gasteiger charge is 2.47. The van der Waals surface area contributed by atoms with Crippen molar-refractivity contribution in [3.63, 3.8) is 0 Å². The number of rotatable bonds is 2. The lowest BCUT2D eigenvalue weighted by Gasteiger charge is -2.34. The molecule has 2 atom stereocenters. The number of aryl methyl sites for hydroxylation is 1. The average Bonchev–Trinajstić information content (AvgIpc) is 3.11. The quantitative estimate of drug-likeness (QED) is 0.820. The van der Waals surface area contributed by atoms with Gasteiger partial charge in [-0.05, 0) is 31.7 Å². The number of hydrogen-bond donors (Lipinski definition) is 1. The summed E-state index contributed by atoms with van der Waals surface area (Å²) >= 11 is 0. The fourth-order valence-corrected chi connectivity index (χ4v) is 4.00. The van der Waals surface area contributed by atoms with Crippen LogP contribution in [0.3, 0.4) is 0 Å². The van der Waals surface area contributed by atoms with Gasteiger partial charge < -0.3 is 10.2 Å². The molecule has 0 radical (unpaired) electrons. The molecule has 0 aliphatic carbocycles. The molecule has 0 bridgehead atoms. The third-order valence-electron chi connectivity index (χ3n) is 5.59. The third kappa shape index (κ3) is 3.47. The summed E-state index contributed by atoms with van der Waals surface area (Å²) in [6.45, 7) is 3.20. The van der Waals surface area contributed by atoms with E-state index >= 15 is 0 Å². The zero-order chi connectivity index (χ0) is 19.9. The summed E-state index contributed by atoms with van der Waals surface area (Å²) in [5.74, 6) is -0.0892. The minimum absolute atomic E-state index is 0.162. The van der Waals surface area contributed by atoms with Gasteiger partial charge in [0.2, 0.25) is 0 Å². The van der Waals surface area contributed by atoms with Crippen molar-refractivity contribution in [1.82, 2.24) is 14.7 Å². The monoisotopic (exact) mass is 392 g/mol. The van der Waals surface area contributed by atoms with Crippen molar-refractivity contribution in [2.24, 2.45) is 0 Å². The fourth-order valence-electron chi connectivity index (χ4n) is 4.00. The minimum atomic E-state index is -4.45. The van der Waals surface area contributed by atoms with E-state index in [1.807, 2.05) is 31.2 Å². The molecule has 2 aromatic rings. The summed E-state index contributed by atoms with van der Waals surface area (Å²) in [5.41, 5.74) is 2.02. The molecule has 1 saturated heterocycles. The standard InChI is InChI=1S/C20H23F3N4O/c1-13-5-7-14(8-6-13)16-11-17(20(21,22)23)27-18(25-16)15(12-24-27)19(28)26-9-3-2-4-10-26/h5-8,12,16-17,25H,2-4,9-11H2,1H3/t16-,17+/m0/s1. The number of fused-ring (bicyclic) bond motifs is 1. The molecule has 5 nitrogen and oxygen atoms in total. The average molecular weight is 392 g/mol. The van der Waals surface area contributed by atoms with Crippen LogP contribution in [0.15, 0.2) is 30.5 Å². The SMILES string of the molecule is Cc1ccc([C@@H]2C[C@H](C(F)(F)F)n3ncc(C(=O)N4CCCCC4)c3N2)cc1. The summed E-state index contributed by atoms with van der Waals surface area (Å²) in [7, 11) is 0. The normalized spacial score (nSPS) is 22.5. The molecule has 28 heavy (non-hydrogen) atoms. The van der Waals surface area contributed by atoms with E-state index < -0.39 is 18.3 Å². The Kier molecular flexibility index (Phi) is 4.81. The van der Waals surface area contributed by atoms with Crippen LogP contribution in [-0.2, 0) is 0 Å². The fraction of sp³-hybridized carbons (Fsp3) is 0.500. The van der Waals surface area contributed by atoms with E-state index in [2.05, 4.69) is 10.4 Å². The molecule has 2 aliphatic rings. The van der Waals surface area contributed by atoms with E-state index in [1.54, 1.807) is 4.90 Å². The zero-order valence-electron chi connectivity index (χ0n) is 15.7. The van der Waals surface area contributed by atoms with Crippen LogP contribution in [0.2, 0.25) is 0 Å². The molecule has 8 heteroatoms. The summed E-state index contributed by atoms with van der Waals surface area (Å²) in [4.78, 5) is 14.6. The molecule has 1 fully saturated rings. The molecule has 0 saturated carbocycles. The number of carbonyl (C=O) groups excluding carboxylic acids is 1. The topological polar surface area (TPSA) is 50.2 Å². The van der Waals surface area contributed by atoms with Gasteiger partial charge in [-0.1, -0.05) is 29.8 Å². The van der Waals surface area contributed by atoms with Crippen LogP contribution in [0.4, 0.5) is 19.0 Å². The number of piperidine rings is 1. The van der Waals surface area contributed by atoms with Crippen molar-refractivity contribution >= 4 is 11.7 Å². The second kappa shape index (κ2) is 7.14. The van der Waals surface area contributed by atoms with Crippen molar-refractivity contribution in [2.75, 3.05) is 18.4 Å². The number of nitrogens with zero attached hydrogens (tertiary/aromatic N) is 3. The van der Waals surface area contributed by atoms with Crippen molar-refractivity contribution in [3.05, 3.63) is 47.2 Å². The van der Waals surface area contributed by atoms with Gasteiger partial charge in [0, 0.05) is 19.5 Å². The summed E-state index contributed by atoms with van der Waals surface area (Å²) < 4.78 is 42.2. The van der Waals surface area contributed by atoms with Crippen LogP contribution >= 0.6 is 0 Å². The minimum Gasteiger partial charge on any atom is -0.363 e. The zero-order valence-corrected chi connectivity index (χ0v) is 15.7. The molecule has 1 amide bonds. The van der Waals surface area contributed by atoms with E-state index in [-0.39, 0.29) is 23.7 Å². The Hall–Kier alpha value is -2.51. The van der Waals surface area contributed by atoms with Crippen LogP contribution in [0.5, 0.6) is 0 Å². The van der Waals surface area contributed by atoms with Crippen molar-refractivity contribution in [1.29, 1.82) is 0 Å². The van der Waals surface area contributed by atoms with Crippen molar-refractivity contribution in [3.8, 4) is 0 Å². The van der Waals surface area contributed by atoms with Gasteiger partial charge >= 0.3 is 6.18 Å². The van der Waals surface area contributed by atoms with E-state index in [1.165, 1.54) is 6.20 Å². The summed E-state index contributed by atoms with van der Waals surface area (Å²) in [6, 6.07) is 5.12. The van der Waals surface area contributed by atoms with Crippen LogP contribution in [0, 0.1) is 6.92 Å². The molecule has 1 aromatic carbocycles. The van der Waals surface area contributed by atoms with Crippen molar-refractivity contribution in [2.45, 2.75) is 50.9 Å². The molecule has 1 aromatic heterocycles. The number of aromatic nitrogens is 2. The molecule has 0 spiro atoms. The largest absolute Gasteiger partial charge is 0.410 e. The second-order valence-corrected chi connectivity index (χ2v) is 7.61. The number of hydrogen-bond acceptors (Lipinski definition) is 3. The van der Waals surface area contributed by atoms with Crippen molar-refractivity contribution < 1.29 is 18.0 Å². The van der Waals surface area contributed by atoms with E-state index in [4.69, 9.17) is 0 Å². The van der Waals surface area contributed by atoms with Gasteiger partial charge in [0.15, 0.2) is 6.04 Å². The van der Waals surface area contributed by atoms with Gasteiger partial charge in [0.05, 0.1) is 12.2 Å². The third-order valence-corrected chi connectivity index (χ3v) is 5.59. The molecular formula is C20H23F3N4O. The Morgan fingerprint density at radius 2 is 1.82 bits per heavy atom. The number of amides is 1. The van der Waals surface area contributed by atoms with E-state index in [9.17, 15) is 18.0 Å². The van der Waals surface area contributed by atoms with Crippen LogP contribution in [0.1, 0.15) is 59.3 Å². The Morgan fingerprint density at radius 3 is 2.46 bits per heavy atom. The smallest absolute Gasteiger partial charge is 0.363 e. The maximum atomic E-state index is 13.8. The number of benzene rings is 1. The first-order chi connectivity index (χ1) is 13.3. The predicted octanol–water partition coefficient (Wildman–Crippen LogP) is 4.48. The first-order valence-corrected chi connectivity index (χ1v) is 9.61. The summed E-state index contributed by atoms with van der Waals surface area (Å²) in [5, 5.41) is 7.11. The van der Waals surface area contributed by atoms with E-state index in [0.717, 1.165) is 35.1 Å². The van der Waals surface area contributed by atoms with Gasteiger partial charge in [0.25, 0.3) is 5.91 Å². The Balaban J connectivity index is 1.70. The molecule has 3 heterocycles. The molecule has 2 aliphatic heterocycles. The lowest BCUT2D eigenvalue weighted by Crippen LogP contribution is -2.38. The number of likely N-dealkylation sites (tertiary alicyclic amines) is 1. The Labute approximate surface area is 161 Å². The maximum Gasteiger partial charge on any atom is 0.410 e. The first-order valence-electron chi connectivity index (χ1n) is 9.61. The number of anilines is 1. The molecule has 0 unspecified atom stereocenters. The number of halogens is 3. The Morgan fingerprint density at radius 1 is 1.14 bits per heavy atom. The van der Waals surface area contributed by atoms with Gasteiger partial charge in [-0.15, -0.1) is 0 Å². The van der Waals surface area contributed by atoms with Gasteiger partial charge in [-0.3, -0.25) is 4.79 Å². The highest BCUT2D eigenvalue weighted by molar-refractivity contribution is 5.99. The van der Waals surface area contributed by atoms with Gasteiger partial charge in [-0.25, -0.2) is 4.68 Å². The van der Waals surface area contributed by atoms with Gasteiger partial charge in [0.1, 0.15) is 11.4 Å². The molecular weight excluding hydrogens is 369 g/mol. The molecule has 4 rings (SSSR count). The lowest BCUT2D eigenvalue weighted by atomic mass is 9.96. The molecule has 150 valence electrons. The van der Waals surface area contributed by atoms with Crippen LogP contribution < -0.4 is 5.32 Å². The number of alkyl halides is 3. The first kappa shape index (κ1) is 18.8. The highest BCUT2D eigenvalue weighted by Crippen LogP contribution is 2.44. The molecule has 1 N–H and O–H groups in total. The van der Waals surface area contributed by atoms with Crippen LogP contribution in [-0.4, -0.2) is 39.9 Å². The highest BCUT2D eigenvalue weighted by atomic mass is 19.4. The number of carbonyl (C=O) groups is 1. The Bertz CT molecular complexity index is 853.